The normalized spacial score (nSPS) is 19.3. The number of aromatic nitrogens is 3. The number of benzene rings is 1. The topological polar surface area (TPSA) is 168 Å². The number of nitrogens with two attached hydrogens (primary N) is 2. The fourth-order valence-corrected chi connectivity index (χ4v) is 5.04. The highest BCUT2D eigenvalue weighted by molar-refractivity contribution is 6.31. The summed E-state index contributed by atoms with van der Waals surface area (Å²) in [5.74, 6) is 3.80. The number of amides is 1. The number of carbonyl (C=O) groups is 1. The molecule has 3 aromatic rings. The van der Waals surface area contributed by atoms with Crippen LogP contribution in [0.2, 0.25) is 5.02 Å². The maximum atomic E-state index is 15.4. The molecular weight excluding hydrogens is 637 g/mol. The summed E-state index contributed by atoms with van der Waals surface area (Å²) in [6.45, 7) is -1.40. The zero-order chi connectivity index (χ0) is 33.7. The lowest BCUT2D eigenvalue weighted by Gasteiger charge is -2.24. The molecule has 244 valence electrons. The molecule has 0 spiro atoms. The largest absolute Gasteiger partial charge is 0.396 e. The number of alkyl halides is 4. The number of hydrazine groups is 1. The average molecular weight is 666 g/mol. The fraction of sp³-hybridized carbons (Fsp3) is 0.276. The van der Waals surface area contributed by atoms with Gasteiger partial charge in [0.25, 0.3) is 12.0 Å². The van der Waals surface area contributed by atoms with Crippen LogP contribution in [0.4, 0.5) is 27.6 Å². The van der Waals surface area contributed by atoms with Crippen molar-refractivity contribution in [1.82, 2.24) is 25.2 Å². The summed E-state index contributed by atoms with van der Waals surface area (Å²) in [5.41, 5.74) is 3.00. The van der Waals surface area contributed by atoms with Gasteiger partial charge in [-0.1, -0.05) is 24.9 Å². The molecule has 2 atom stereocenters. The highest BCUT2D eigenvalue weighted by Gasteiger charge is 2.25. The monoisotopic (exact) mass is 665 g/mol. The zero-order valence-electron chi connectivity index (χ0n) is 24.2. The maximum Gasteiger partial charge on any atom is 0.313 e. The molecule has 0 saturated heterocycles. The molecule has 2 unspecified atom stereocenters. The first-order valence-electron chi connectivity index (χ1n) is 13.7. The van der Waals surface area contributed by atoms with E-state index >= 15 is 4.39 Å². The van der Waals surface area contributed by atoms with E-state index < -0.39 is 47.9 Å². The van der Waals surface area contributed by atoms with E-state index in [0.717, 1.165) is 24.7 Å². The van der Waals surface area contributed by atoms with Gasteiger partial charge in [0.1, 0.15) is 0 Å². The highest BCUT2D eigenvalue weighted by atomic mass is 35.5. The maximum absolute atomic E-state index is 15.4. The first kappa shape index (κ1) is 34.1. The molecule has 1 aliphatic heterocycles. The van der Waals surface area contributed by atoms with E-state index in [9.17, 15) is 27.2 Å². The Morgan fingerprint density at radius 3 is 2.59 bits per heavy atom. The zero-order valence-corrected chi connectivity index (χ0v) is 24.9. The predicted octanol–water partition coefficient (Wildman–Crippen LogP) is 4.50. The van der Waals surface area contributed by atoms with Gasteiger partial charge in [0.2, 0.25) is 5.91 Å². The van der Waals surface area contributed by atoms with Gasteiger partial charge < -0.3 is 21.8 Å². The van der Waals surface area contributed by atoms with Gasteiger partial charge in [-0.3, -0.25) is 24.1 Å². The molecule has 1 amide bonds. The summed E-state index contributed by atoms with van der Waals surface area (Å²) in [6.07, 6.45) is 1.87. The van der Waals surface area contributed by atoms with Gasteiger partial charge in [0.15, 0.2) is 5.82 Å². The lowest BCUT2D eigenvalue weighted by Crippen LogP contribution is -2.33. The summed E-state index contributed by atoms with van der Waals surface area (Å²) >= 11 is 5.99. The van der Waals surface area contributed by atoms with E-state index in [4.69, 9.17) is 28.6 Å². The number of rotatable bonds is 8. The van der Waals surface area contributed by atoms with Crippen LogP contribution in [0.3, 0.4) is 0 Å². The number of pyridine rings is 1. The second-order valence-corrected chi connectivity index (χ2v) is 10.7. The molecule has 7 N–H and O–H groups in total. The summed E-state index contributed by atoms with van der Waals surface area (Å²) in [6, 6.07) is 5.41. The van der Waals surface area contributed by atoms with Gasteiger partial charge in [0.05, 0.1) is 57.1 Å². The molecule has 11 nitrogen and oxygen atoms in total. The molecule has 3 heterocycles. The first-order valence-corrected chi connectivity index (χ1v) is 14.1. The second kappa shape index (κ2) is 14.5. The van der Waals surface area contributed by atoms with Crippen molar-refractivity contribution >= 4 is 35.1 Å². The van der Waals surface area contributed by atoms with Crippen LogP contribution < -0.4 is 32.8 Å². The molecule has 17 heteroatoms. The molecule has 4 rings (SSSR count). The van der Waals surface area contributed by atoms with Crippen molar-refractivity contribution in [2.24, 2.45) is 17.5 Å². The van der Waals surface area contributed by atoms with Crippen molar-refractivity contribution in [3.63, 3.8) is 0 Å². The Morgan fingerprint density at radius 1 is 1.20 bits per heavy atom. The number of anilines is 1. The van der Waals surface area contributed by atoms with Crippen molar-refractivity contribution in [2.45, 2.75) is 45.2 Å². The third kappa shape index (κ3) is 7.51. The summed E-state index contributed by atoms with van der Waals surface area (Å²) in [5, 5.41) is 12.6. The first-order chi connectivity index (χ1) is 21.8. The second-order valence-electron chi connectivity index (χ2n) is 10.3. The van der Waals surface area contributed by atoms with Gasteiger partial charge in [0, 0.05) is 36.2 Å². The van der Waals surface area contributed by atoms with Crippen LogP contribution in [0.25, 0.3) is 17.0 Å². The van der Waals surface area contributed by atoms with Gasteiger partial charge in [-0.15, -0.1) is 0 Å². The smallest absolute Gasteiger partial charge is 0.313 e. The SMILES string of the molecule is CC1CCCC(n2cnc(-c3c(N(N)/C=C(\N)C(F)F)ccc(Cl)c3F)cc2=O)c2cc(ccn2)/C(NC(F)F)=C(/C=N)NC1=O. The Bertz CT molecular complexity index is 1750. The number of carbonyl (C=O) groups excluding carboxylic acids is 1. The van der Waals surface area contributed by atoms with Crippen LogP contribution in [-0.4, -0.2) is 39.6 Å². The summed E-state index contributed by atoms with van der Waals surface area (Å²) < 4.78 is 69.7. The third-order valence-corrected chi connectivity index (χ3v) is 7.51. The van der Waals surface area contributed by atoms with Crippen LogP contribution in [-0.2, 0) is 4.79 Å². The number of hydrogen-bond donors (Lipinski definition) is 5. The van der Waals surface area contributed by atoms with Crippen molar-refractivity contribution in [1.29, 1.82) is 5.41 Å². The van der Waals surface area contributed by atoms with Gasteiger partial charge >= 0.3 is 6.55 Å². The standard InChI is InChI=1S/C29H29ClF5N9O2/c1-14-3-2-4-21(18-9-15(7-8-39-18)26(42-29(34)35)20(11-36)41-28(14)46)43-13-40-19(10-23(43)45)24-22(6-5-16(30)25(24)31)44(38)12-17(37)27(32)33/h5-14,21,27,29,36,42H,2-4,37-38H2,1H3,(H,41,46)/b17-12-,26-20+,36-11?. The molecule has 0 aliphatic carbocycles. The minimum atomic E-state index is -3.04. The van der Waals surface area contributed by atoms with Gasteiger partial charge in [-0.05, 0) is 37.1 Å². The number of allylic oxidation sites excluding steroid dienone is 2. The molecule has 0 saturated carbocycles. The van der Waals surface area contributed by atoms with E-state index in [1.54, 1.807) is 6.92 Å². The van der Waals surface area contributed by atoms with Crippen LogP contribution in [0.5, 0.6) is 0 Å². The molecular formula is C29H29ClF5N9O2. The van der Waals surface area contributed by atoms with Crippen LogP contribution >= 0.6 is 11.6 Å². The van der Waals surface area contributed by atoms with Crippen LogP contribution in [0.15, 0.2) is 65.2 Å². The fourth-order valence-electron chi connectivity index (χ4n) is 4.88. The minimum Gasteiger partial charge on any atom is -0.396 e. The third-order valence-electron chi connectivity index (χ3n) is 7.22. The quantitative estimate of drug-likeness (QED) is 0.0771. The van der Waals surface area contributed by atoms with E-state index in [1.165, 1.54) is 29.0 Å². The Hall–Kier alpha value is -4.83. The van der Waals surface area contributed by atoms with E-state index in [-0.39, 0.29) is 51.0 Å². The van der Waals surface area contributed by atoms with Crippen LogP contribution in [0, 0.1) is 17.1 Å². The van der Waals surface area contributed by atoms with Crippen molar-refractivity contribution in [3.05, 3.63) is 92.9 Å². The van der Waals surface area contributed by atoms with E-state index in [0.29, 0.717) is 24.1 Å². The van der Waals surface area contributed by atoms with Crippen molar-refractivity contribution < 1.29 is 26.7 Å². The van der Waals surface area contributed by atoms with Crippen LogP contribution in [0.1, 0.15) is 43.5 Å². The van der Waals surface area contributed by atoms with Crippen molar-refractivity contribution in [3.8, 4) is 11.3 Å². The van der Waals surface area contributed by atoms with E-state index in [1.807, 2.05) is 5.32 Å². The Kier molecular flexibility index (Phi) is 10.7. The predicted molar refractivity (Wildman–Crippen MR) is 162 cm³/mol. The molecule has 0 fully saturated rings. The summed E-state index contributed by atoms with van der Waals surface area (Å²) in [4.78, 5) is 35.0. The van der Waals surface area contributed by atoms with Gasteiger partial charge in [-0.2, -0.15) is 8.78 Å². The highest BCUT2D eigenvalue weighted by Crippen LogP contribution is 2.35. The van der Waals surface area contributed by atoms with Crippen molar-refractivity contribution in [2.75, 3.05) is 5.01 Å². The summed E-state index contributed by atoms with van der Waals surface area (Å²) in [7, 11) is 0. The number of nitrogens with zero attached hydrogens (tertiary/aromatic N) is 4. The molecule has 2 bridgehead atoms. The molecule has 2 aromatic heterocycles. The molecule has 1 aliphatic rings. The lowest BCUT2D eigenvalue weighted by molar-refractivity contribution is -0.123. The molecule has 0 radical (unpaired) electrons. The number of fused-ring (bicyclic) bond motifs is 2. The van der Waals surface area contributed by atoms with E-state index in [2.05, 4.69) is 15.3 Å². The Labute approximate surface area is 264 Å². The Balaban J connectivity index is 1.85. The molecule has 1 aromatic carbocycles. The average Bonchev–Trinajstić information content (AvgIpc) is 3.01. The number of hydrogen-bond acceptors (Lipinski definition) is 9. The lowest BCUT2D eigenvalue weighted by atomic mass is 9.96. The Morgan fingerprint density at radius 2 is 1.93 bits per heavy atom. The molecule has 46 heavy (non-hydrogen) atoms. The van der Waals surface area contributed by atoms with Gasteiger partial charge in [-0.25, -0.2) is 24.0 Å². The minimum absolute atomic E-state index is 0.157. The number of halogens is 6. The number of nitrogens with one attached hydrogen (secondary N) is 3.